The molecule has 0 saturated carbocycles. The molecule has 1 fully saturated rings. The van der Waals surface area contributed by atoms with Gasteiger partial charge in [0.2, 0.25) is 5.91 Å². The molecule has 2 N–H and O–H groups in total. The number of likely N-dealkylation sites (tertiary alicyclic amines) is 1. The van der Waals surface area contributed by atoms with Crippen LogP contribution in [0.3, 0.4) is 0 Å². The molecule has 0 bridgehead atoms. The number of nitrogens with one attached hydrogen (secondary N) is 1. The number of fused-ring (bicyclic) bond motifs is 3. The molecule has 0 aromatic heterocycles. The van der Waals surface area contributed by atoms with Crippen molar-refractivity contribution in [1.82, 2.24) is 10.2 Å². The molecule has 7 nitrogen and oxygen atoms in total. The maximum Gasteiger partial charge on any atom is 0.407 e. The molecule has 4 rings (SSSR count). The van der Waals surface area contributed by atoms with Crippen LogP contribution < -0.4 is 5.32 Å². The fraction of sp³-hybridized carbons (Fsp3) is 0.444. The standard InChI is InChI=1S/C27H32N2O5/c1-27(2,15-14-24(30)29-16-8-7-13-23(29)25(31)32)28-26(33)34-17-22-20-11-5-3-9-18(20)19-10-4-6-12-21(19)22/h3-6,9-12,22-23H,7-8,13-17H2,1-2H3,(H,28,33)(H,31,32)/t23-/m0/s1. The van der Waals surface area contributed by atoms with E-state index in [2.05, 4.69) is 29.6 Å². The van der Waals surface area contributed by atoms with Crippen molar-refractivity contribution >= 4 is 18.0 Å². The van der Waals surface area contributed by atoms with Crippen molar-refractivity contribution in [3.05, 3.63) is 59.7 Å². The first-order valence-electron chi connectivity index (χ1n) is 11.9. The first-order chi connectivity index (χ1) is 16.3. The highest BCUT2D eigenvalue weighted by molar-refractivity contribution is 5.84. The van der Waals surface area contributed by atoms with E-state index in [0.717, 1.165) is 24.0 Å². The molecule has 0 unspecified atom stereocenters. The zero-order valence-electron chi connectivity index (χ0n) is 19.8. The third-order valence-electron chi connectivity index (χ3n) is 6.86. The van der Waals surface area contributed by atoms with Crippen LogP contribution in [0.15, 0.2) is 48.5 Å². The van der Waals surface area contributed by atoms with Crippen LogP contribution in [-0.4, -0.2) is 52.7 Å². The zero-order chi connectivity index (χ0) is 24.3. The number of amides is 2. The molecule has 7 heteroatoms. The van der Waals surface area contributed by atoms with Gasteiger partial charge in [-0.15, -0.1) is 0 Å². The topological polar surface area (TPSA) is 95.9 Å². The zero-order valence-corrected chi connectivity index (χ0v) is 19.8. The quantitative estimate of drug-likeness (QED) is 0.627. The lowest BCUT2D eigenvalue weighted by Gasteiger charge is -2.34. The summed E-state index contributed by atoms with van der Waals surface area (Å²) in [5, 5.41) is 12.3. The molecule has 1 heterocycles. The molecule has 34 heavy (non-hydrogen) atoms. The van der Waals surface area contributed by atoms with Crippen molar-refractivity contribution in [2.45, 2.75) is 63.5 Å². The van der Waals surface area contributed by atoms with Gasteiger partial charge in [0.25, 0.3) is 0 Å². The van der Waals surface area contributed by atoms with Gasteiger partial charge in [0, 0.05) is 24.4 Å². The second kappa shape index (κ2) is 9.87. The highest BCUT2D eigenvalue weighted by atomic mass is 16.5. The van der Waals surface area contributed by atoms with Crippen LogP contribution in [0, 0.1) is 0 Å². The Morgan fingerprint density at radius 2 is 1.65 bits per heavy atom. The largest absolute Gasteiger partial charge is 0.480 e. The normalized spacial score (nSPS) is 17.6. The van der Waals surface area contributed by atoms with Crippen molar-refractivity contribution in [2.75, 3.05) is 13.2 Å². The first kappa shape index (κ1) is 23.8. The van der Waals surface area contributed by atoms with Gasteiger partial charge >= 0.3 is 12.1 Å². The van der Waals surface area contributed by atoms with Gasteiger partial charge < -0.3 is 20.1 Å². The van der Waals surface area contributed by atoms with E-state index in [0.29, 0.717) is 19.4 Å². The van der Waals surface area contributed by atoms with Crippen LogP contribution in [0.25, 0.3) is 11.1 Å². The molecule has 1 saturated heterocycles. The van der Waals surface area contributed by atoms with Crippen LogP contribution in [0.1, 0.15) is 63.0 Å². The Morgan fingerprint density at radius 1 is 1.03 bits per heavy atom. The molecule has 2 aromatic carbocycles. The molecular weight excluding hydrogens is 432 g/mol. The van der Waals surface area contributed by atoms with Gasteiger partial charge in [0.1, 0.15) is 12.6 Å². The monoisotopic (exact) mass is 464 g/mol. The Hall–Kier alpha value is -3.35. The number of alkyl carbamates (subject to hydrolysis) is 1. The van der Waals surface area contributed by atoms with Gasteiger partial charge in [-0.25, -0.2) is 9.59 Å². The number of nitrogens with zero attached hydrogens (tertiary/aromatic N) is 1. The average Bonchev–Trinajstić information content (AvgIpc) is 3.14. The first-order valence-corrected chi connectivity index (χ1v) is 11.9. The smallest absolute Gasteiger partial charge is 0.407 e. The molecule has 0 spiro atoms. The van der Waals surface area contributed by atoms with E-state index in [1.54, 1.807) is 0 Å². The lowest BCUT2D eigenvalue weighted by Crippen LogP contribution is -2.49. The van der Waals surface area contributed by atoms with Crippen LogP contribution >= 0.6 is 0 Å². The summed E-state index contributed by atoms with van der Waals surface area (Å²) in [5.41, 5.74) is 3.96. The number of piperidine rings is 1. The number of carboxylic acids is 1. The highest BCUT2D eigenvalue weighted by Gasteiger charge is 2.33. The maximum absolute atomic E-state index is 12.7. The fourth-order valence-electron chi connectivity index (χ4n) is 5.02. The summed E-state index contributed by atoms with van der Waals surface area (Å²) in [5.74, 6) is -1.16. The lowest BCUT2D eigenvalue weighted by atomic mass is 9.96. The highest BCUT2D eigenvalue weighted by Crippen LogP contribution is 2.44. The van der Waals surface area contributed by atoms with Crippen LogP contribution in [0.5, 0.6) is 0 Å². The van der Waals surface area contributed by atoms with Crippen molar-refractivity contribution in [3.8, 4) is 11.1 Å². The molecule has 2 aliphatic rings. The van der Waals surface area contributed by atoms with E-state index >= 15 is 0 Å². The molecular formula is C27H32N2O5. The third-order valence-corrected chi connectivity index (χ3v) is 6.86. The van der Waals surface area contributed by atoms with Gasteiger partial charge in [0.05, 0.1) is 0 Å². The summed E-state index contributed by atoms with van der Waals surface area (Å²) in [7, 11) is 0. The van der Waals surface area contributed by atoms with E-state index in [1.807, 2.05) is 38.1 Å². The SMILES string of the molecule is CC(C)(CCC(=O)N1CCCC[C@H]1C(=O)O)NC(=O)OCC1c2ccccc2-c2ccccc21. The second-order valence-corrected chi connectivity index (χ2v) is 9.77. The number of aliphatic carboxylic acids is 1. The Balaban J connectivity index is 1.31. The van der Waals surface area contributed by atoms with Gasteiger partial charge in [-0.1, -0.05) is 48.5 Å². The fourth-order valence-corrected chi connectivity index (χ4v) is 5.02. The van der Waals surface area contributed by atoms with Crippen LogP contribution in [-0.2, 0) is 14.3 Å². The van der Waals surface area contributed by atoms with Gasteiger partial charge in [-0.05, 0) is 61.8 Å². The predicted molar refractivity (Wildman–Crippen MR) is 129 cm³/mol. The molecule has 1 atom stereocenters. The molecule has 1 aliphatic heterocycles. The number of hydrogen-bond donors (Lipinski definition) is 2. The number of benzene rings is 2. The minimum atomic E-state index is -0.955. The minimum Gasteiger partial charge on any atom is -0.480 e. The molecule has 2 amide bonds. The van der Waals surface area contributed by atoms with Crippen molar-refractivity contribution in [1.29, 1.82) is 0 Å². The molecule has 180 valence electrons. The van der Waals surface area contributed by atoms with Crippen molar-refractivity contribution in [2.24, 2.45) is 0 Å². The van der Waals surface area contributed by atoms with Crippen LogP contribution in [0.2, 0.25) is 0 Å². The van der Waals surface area contributed by atoms with Gasteiger partial charge in [-0.2, -0.15) is 0 Å². The number of carboxylic acid groups (broad SMARTS) is 1. The molecule has 0 radical (unpaired) electrons. The third kappa shape index (κ3) is 5.08. The Bertz CT molecular complexity index is 1030. The molecule has 2 aromatic rings. The van der Waals surface area contributed by atoms with E-state index in [4.69, 9.17) is 4.74 Å². The summed E-state index contributed by atoms with van der Waals surface area (Å²) < 4.78 is 5.62. The number of rotatable bonds is 7. The number of ether oxygens (including phenoxy) is 1. The van der Waals surface area contributed by atoms with E-state index in [9.17, 15) is 19.5 Å². The number of hydrogen-bond acceptors (Lipinski definition) is 4. The average molecular weight is 465 g/mol. The minimum absolute atomic E-state index is 0.0186. The van der Waals surface area contributed by atoms with E-state index < -0.39 is 23.6 Å². The summed E-state index contributed by atoms with van der Waals surface area (Å²) in [6, 6.07) is 15.6. The number of carbonyl (C=O) groups excluding carboxylic acids is 2. The Morgan fingerprint density at radius 3 is 2.26 bits per heavy atom. The summed E-state index contributed by atoms with van der Waals surface area (Å²) >= 11 is 0. The second-order valence-electron chi connectivity index (χ2n) is 9.77. The Labute approximate surface area is 200 Å². The van der Waals surface area contributed by atoms with Crippen molar-refractivity contribution < 1.29 is 24.2 Å². The number of carbonyl (C=O) groups is 3. The summed E-state index contributed by atoms with van der Waals surface area (Å²) in [6.45, 7) is 4.37. The molecule has 1 aliphatic carbocycles. The Kier molecular flexibility index (Phi) is 6.91. The summed E-state index contributed by atoms with van der Waals surface area (Å²) in [6.07, 6.45) is 2.15. The predicted octanol–water partition coefficient (Wildman–Crippen LogP) is 4.55. The van der Waals surface area contributed by atoms with Gasteiger partial charge in [0.15, 0.2) is 0 Å². The van der Waals surface area contributed by atoms with E-state index in [1.165, 1.54) is 16.0 Å². The van der Waals surface area contributed by atoms with Gasteiger partial charge in [-0.3, -0.25) is 4.79 Å². The van der Waals surface area contributed by atoms with Crippen LogP contribution in [0.4, 0.5) is 4.79 Å². The van der Waals surface area contributed by atoms with Crippen molar-refractivity contribution in [3.63, 3.8) is 0 Å². The summed E-state index contributed by atoms with van der Waals surface area (Å²) in [4.78, 5) is 38.3. The van der Waals surface area contributed by atoms with E-state index in [-0.39, 0.29) is 24.9 Å². The lowest BCUT2D eigenvalue weighted by molar-refractivity contribution is -0.152. The maximum atomic E-state index is 12.7.